The summed E-state index contributed by atoms with van der Waals surface area (Å²) in [5.41, 5.74) is 8.64. The summed E-state index contributed by atoms with van der Waals surface area (Å²) in [6, 6.07) is 10.4. The number of aromatic nitrogens is 1. The zero-order valence-corrected chi connectivity index (χ0v) is 12.5. The third-order valence-electron chi connectivity index (χ3n) is 3.10. The fourth-order valence-corrected chi connectivity index (χ4v) is 1.88. The van der Waals surface area contributed by atoms with Crippen molar-refractivity contribution in [2.75, 3.05) is 6.54 Å². The predicted octanol–water partition coefficient (Wildman–Crippen LogP) is 3.09. The van der Waals surface area contributed by atoms with E-state index in [1.165, 1.54) is 5.56 Å². The minimum atomic E-state index is 0.341. The Bertz CT molecular complexity index is 636. The third kappa shape index (κ3) is 4.62. The van der Waals surface area contributed by atoms with E-state index in [1.54, 1.807) is 12.4 Å². The SMILES string of the molecule is CC(C)c1ccc(COc2cncc(C#CCN)c2)cc1. The number of nitrogens with two attached hydrogens (primary N) is 1. The van der Waals surface area contributed by atoms with Gasteiger partial charge in [-0.1, -0.05) is 50.0 Å². The molecular formula is C18H20N2O. The second-order valence-corrected chi connectivity index (χ2v) is 5.10. The van der Waals surface area contributed by atoms with Gasteiger partial charge in [0.2, 0.25) is 0 Å². The highest BCUT2D eigenvalue weighted by Gasteiger charge is 2.01. The molecule has 0 spiro atoms. The van der Waals surface area contributed by atoms with Crippen LogP contribution in [0.5, 0.6) is 5.75 Å². The summed E-state index contributed by atoms with van der Waals surface area (Å²) >= 11 is 0. The number of nitrogens with zero attached hydrogens (tertiary/aromatic N) is 1. The molecule has 1 heterocycles. The Hall–Kier alpha value is -2.31. The van der Waals surface area contributed by atoms with Crippen LogP contribution in [0.1, 0.15) is 36.5 Å². The third-order valence-corrected chi connectivity index (χ3v) is 3.10. The molecule has 1 aromatic carbocycles. The standard InChI is InChI=1S/C18H20N2O/c1-14(2)17-7-5-15(6-8-17)13-21-18-10-16(4-3-9-19)11-20-12-18/h5-8,10-12,14H,9,13,19H2,1-2H3. The number of hydrogen-bond donors (Lipinski definition) is 1. The first-order valence-corrected chi connectivity index (χ1v) is 7.04. The molecular weight excluding hydrogens is 260 g/mol. The van der Waals surface area contributed by atoms with Crippen LogP contribution in [0.3, 0.4) is 0 Å². The summed E-state index contributed by atoms with van der Waals surface area (Å²) in [6.45, 7) is 5.23. The lowest BCUT2D eigenvalue weighted by molar-refractivity contribution is 0.305. The first-order chi connectivity index (χ1) is 10.2. The van der Waals surface area contributed by atoms with Gasteiger partial charge in [0.05, 0.1) is 12.7 Å². The Kier molecular flexibility index (Phi) is 5.36. The molecule has 0 saturated heterocycles. The van der Waals surface area contributed by atoms with Crippen molar-refractivity contribution in [3.8, 4) is 17.6 Å². The van der Waals surface area contributed by atoms with Crippen LogP contribution in [0.25, 0.3) is 0 Å². The van der Waals surface area contributed by atoms with Gasteiger partial charge in [-0.3, -0.25) is 4.98 Å². The van der Waals surface area contributed by atoms with E-state index in [0.29, 0.717) is 24.8 Å². The molecule has 21 heavy (non-hydrogen) atoms. The normalized spacial score (nSPS) is 10.1. The van der Waals surface area contributed by atoms with Crippen molar-refractivity contribution in [1.82, 2.24) is 4.98 Å². The zero-order valence-electron chi connectivity index (χ0n) is 12.5. The maximum atomic E-state index is 5.75. The molecule has 0 saturated carbocycles. The van der Waals surface area contributed by atoms with Crippen molar-refractivity contribution in [2.45, 2.75) is 26.4 Å². The second kappa shape index (κ2) is 7.47. The van der Waals surface area contributed by atoms with Crippen molar-refractivity contribution in [3.63, 3.8) is 0 Å². The van der Waals surface area contributed by atoms with Crippen molar-refractivity contribution in [3.05, 3.63) is 59.4 Å². The molecule has 0 unspecified atom stereocenters. The van der Waals surface area contributed by atoms with Gasteiger partial charge in [-0.25, -0.2) is 0 Å². The largest absolute Gasteiger partial charge is 0.487 e. The molecule has 108 valence electrons. The first kappa shape index (κ1) is 15.1. The maximum Gasteiger partial charge on any atom is 0.139 e. The Morgan fingerprint density at radius 2 is 1.95 bits per heavy atom. The highest BCUT2D eigenvalue weighted by atomic mass is 16.5. The number of benzene rings is 1. The van der Waals surface area contributed by atoms with Gasteiger partial charge in [-0.05, 0) is 23.1 Å². The summed E-state index contributed by atoms with van der Waals surface area (Å²) in [5, 5.41) is 0. The Balaban J connectivity index is 1.99. The lowest BCUT2D eigenvalue weighted by Gasteiger charge is -2.08. The molecule has 0 radical (unpaired) electrons. The van der Waals surface area contributed by atoms with Crippen LogP contribution in [0.2, 0.25) is 0 Å². The van der Waals surface area contributed by atoms with E-state index in [0.717, 1.165) is 11.1 Å². The molecule has 0 amide bonds. The molecule has 2 aromatic rings. The summed E-state index contributed by atoms with van der Waals surface area (Å²) in [4.78, 5) is 4.12. The zero-order chi connectivity index (χ0) is 15.1. The van der Waals surface area contributed by atoms with Gasteiger partial charge in [-0.2, -0.15) is 0 Å². The van der Waals surface area contributed by atoms with Crippen LogP contribution < -0.4 is 10.5 Å². The molecule has 0 bridgehead atoms. The molecule has 3 heteroatoms. The van der Waals surface area contributed by atoms with Gasteiger partial charge in [-0.15, -0.1) is 0 Å². The Morgan fingerprint density at radius 3 is 2.62 bits per heavy atom. The lowest BCUT2D eigenvalue weighted by Crippen LogP contribution is -1.97. The van der Waals surface area contributed by atoms with Crippen LogP contribution in [0.15, 0.2) is 42.7 Å². The summed E-state index contributed by atoms with van der Waals surface area (Å²) < 4.78 is 5.75. The minimum Gasteiger partial charge on any atom is -0.487 e. The van der Waals surface area contributed by atoms with Gasteiger partial charge in [0, 0.05) is 11.8 Å². The maximum absolute atomic E-state index is 5.75. The topological polar surface area (TPSA) is 48.1 Å². The highest BCUT2D eigenvalue weighted by Crippen LogP contribution is 2.17. The monoisotopic (exact) mass is 280 g/mol. The molecule has 0 atom stereocenters. The fourth-order valence-electron chi connectivity index (χ4n) is 1.88. The average Bonchev–Trinajstić information content (AvgIpc) is 2.52. The van der Waals surface area contributed by atoms with Crippen LogP contribution in [0.4, 0.5) is 0 Å². The number of rotatable bonds is 4. The predicted molar refractivity (Wildman–Crippen MR) is 85.0 cm³/mol. The highest BCUT2D eigenvalue weighted by molar-refractivity contribution is 5.37. The summed E-state index contributed by atoms with van der Waals surface area (Å²) in [5.74, 6) is 7.01. The minimum absolute atomic E-state index is 0.341. The molecule has 0 aliphatic rings. The van der Waals surface area contributed by atoms with Crippen molar-refractivity contribution < 1.29 is 4.74 Å². The van der Waals surface area contributed by atoms with Crippen molar-refractivity contribution in [1.29, 1.82) is 0 Å². The molecule has 0 fully saturated rings. The van der Waals surface area contributed by atoms with Gasteiger partial charge >= 0.3 is 0 Å². The number of hydrogen-bond acceptors (Lipinski definition) is 3. The van der Waals surface area contributed by atoms with Gasteiger partial charge in [0.15, 0.2) is 0 Å². The molecule has 0 aliphatic carbocycles. The van der Waals surface area contributed by atoms with Crippen LogP contribution in [-0.4, -0.2) is 11.5 Å². The van der Waals surface area contributed by atoms with E-state index < -0.39 is 0 Å². The van der Waals surface area contributed by atoms with E-state index in [9.17, 15) is 0 Å². The Morgan fingerprint density at radius 1 is 1.19 bits per heavy atom. The second-order valence-electron chi connectivity index (χ2n) is 5.10. The van der Waals surface area contributed by atoms with Gasteiger partial charge in [0.25, 0.3) is 0 Å². The van der Waals surface area contributed by atoms with Crippen LogP contribution >= 0.6 is 0 Å². The number of pyridine rings is 1. The molecule has 3 nitrogen and oxygen atoms in total. The smallest absolute Gasteiger partial charge is 0.139 e. The Labute approximate surface area is 126 Å². The molecule has 1 aromatic heterocycles. The van der Waals surface area contributed by atoms with Crippen LogP contribution in [-0.2, 0) is 6.61 Å². The average molecular weight is 280 g/mol. The van der Waals surface area contributed by atoms with Crippen molar-refractivity contribution >= 4 is 0 Å². The molecule has 2 N–H and O–H groups in total. The first-order valence-electron chi connectivity index (χ1n) is 7.04. The van der Waals surface area contributed by atoms with E-state index in [2.05, 4.69) is 54.9 Å². The quantitative estimate of drug-likeness (QED) is 0.875. The van der Waals surface area contributed by atoms with Crippen molar-refractivity contribution in [2.24, 2.45) is 5.73 Å². The fraction of sp³-hybridized carbons (Fsp3) is 0.278. The van der Waals surface area contributed by atoms with E-state index >= 15 is 0 Å². The van der Waals surface area contributed by atoms with E-state index in [4.69, 9.17) is 10.5 Å². The van der Waals surface area contributed by atoms with E-state index in [1.807, 2.05) is 6.07 Å². The molecule has 2 rings (SSSR count). The number of ether oxygens (including phenoxy) is 1. The molecule has 0 aliphatic heterocycles. The van der Waals surface area contributed by atoms with E-state index in [-0.39, 0.29) is 0 Å². The lowest BCUT2D eigenvalue weighted by atomic mass is 10.0. The van der Waals surface area contributed by atoms with Gasteiger partial charge < -0.3 is 10.5 Å². The van der Waals surface area contributed by atoms with Crippen LogP contribution in [0, 0.1) is 11.8 Å². The summed E-state index contributed by atoms with van der Waals surface area (Å²) in [6.07, 6.45) is 3.39. The van der Waals surface area contributed by atoms with Gasteiger partial charge in [0.1, 0.15) is 12.4 Å². The summed E-state index contributed by atoms with van der Waals surface area (Å²) in [7, 11) is 0.